The van der Waals surface area contributed by atoms with Gasteiger partial charge in [-0.2, -0.15) is 0 Å². The molecule has 21 heavy (non-hydrogen) atoms. The maximum Gasteiger partial charge on any atom is 0.335 e. The molecule has 0 saturated heterocycles. The van der Waals surface area contributed by atoms with Gasteiger partial charge < -0.3 is 25.2 Å². The van der Waals surface area contributed by atoms with Crippen molar-refractivity contribution in [3.63, 3.8) is 0 Å². The zero-order chi connectivity index (χ0) is 16.4. The molecule has 118 valence electrons. The SMILES string of the molecule is CC(O)COC(C)CO.O=C(O)c1ccc(C(=O)O)cc1. The Kier molecular flexibility index (Phi) is 8.95. The first-order valence-corrected chi connectivity index (χ1v) is 6.25. The average Bonchev–Trinajstić information content (AvgIpc) is 2.45. The van der Waals surface area contributed by atoms with Crippen LogP contribution in [0.1, 0.15) is 34.6 Å². The predicted molar refractivity (Wildman–Crippen MR) is 74.5 cm³/mol. The van der Waals surface area contributed by atoms with Crippen LogP contribution in [0, 0.1) is 0 Å². The lowest BCUT2D eigenvalue weighted by molar-refractivity contribution is -0.0177. The number of rotatable bonds is 6. The molecule has 0 spiro atoms. The van der Waals surface area contributed by atoms with E-state index in [1.54, 1.807) is 13.8 Å². The second-order valence-electron chi connectivity index (χ2n) is 4.36. The zero-order valence-corrected chi connectivity index (χ0v) is 11.9. The molecule has 0 aliphatic rings. The van der Waals surface area contributed by atoms with Crippen LogP contribution < -0.4 is 0 Å². The van der Waals surface area contributed by atoms with Crippen LogP contribution in [-0.2, 0) is 4.74 Å². The number of aromatic carboxylic acids is 2. The van der Waals surface area contributed by atoms with Crippen LogP contribution in [0.3, 0.4) is 0 Å². The number of hydrogen-bond donors (Lipinski definition) is 4. The van der Waals surface area contributed by atoms with E-state index in [4.69, 9.17) is 25.2 Å². The van der Waals surface area contributed by atoms with Gasteiger partial charge in [0.05, 0.1) is 36.5 Å². The largest absolute Gasteiger partial charge is 0.478 e. The van der Waals surface area contributed by atoms with Crippen molar-refractivity contribution in [2.24, 2.45) is 0 Å². The molecule has 0 aliphatic carbocycles. The van der Waals surface area contributed by atoms with Crippen molar-refractivity contribution in [3.05, 3.63) is 35.4 Å². The molecule has 1 aromatic rings. The molecule has 4 N–H and O–H groups in total. The summed E-state index contributed by atoms with van der Waals surface area (Å²) in [6.45, 7) is 3.70. The summed E-state index contributed by atoms with van der Waals surface area (Å²) in [5, 5.41) is 34.1. The van der Waals surface area contributed by atoms with Gasteiger partial charge in [0.1, 0.15) is 0 Å². The molecule has 7 nitrogen and oxygen atoms in total. The fraction of sp³-hybridized carbons (Fsp3) is 0.429. The monoisotopic (exact) mass is 300 g/mol. The summed E-state index contributed by atoms with van der Waals surface area (Å²) in [4.78, 5) is 20.7. The molecule has 0 heterocycles. The Bertz CT molecular complexity index is 406. The molecule has 0 bridgehead atoms. The fourth-order valence-electron chi connectivity index (χ4n) is 1.11. The van der Waals surface area contributed by atoms with E-state index in [2.05, 4.69) is 0 Å². The van der Waals surface area contributed by atoms with Crippen molar-refractivity contribution in [1.29, 1.82) is 0 Å². The number of benzene rings is 1. The number of ether oxygens (including phenoxy) is 1. The molecular weight excluding hydrogens is 280 g/mol. The second-order valence-corrected chi connectivity index (χ2v) is 4.36. The lowest BCUT2D eigenvalue weighted by Gasteiger charge is -2.10. The molecule has 7 heteroatoms. The molecular formula is C14H20O7. The fourth-order valence-corrected chi connectivity index (χ4v) is 1.11. The van der Waals surface area contributed by atoms with Gasteiger partial charge in [0.15, 0.2) is 0 Å². The Morgan fingerprint density at radius 1 is 1.05 bits per heavy atom. The Morgan fingerprint density at radius 3 is 1.67 bits per heavy atom. The molecule has 0 amide bonds. The number of aliphatic hydroxyl groups excluding tert-OH is 2. The maximum absolute atomic E-state index is 10.3. The van der Waals surface area contributed by atoms with Crippen LogP contribution in [0.4, 0.5) is 0 Å². The topological polar surface area (TPSA) is 124 Å². The van der Waals surface area contributed by atoms with Gasteiger partial charge in [-0.25, -0.2) is 9.59 Å². The number of carboxylic acids is 2. The highest BCUT2D eigenvalue weighted by Crippen LogP contribution is 2.03. The van der Waals surface area contributed by atoms with E-state index in [9.17, 15) is 9.59 Å². The third kappa shape index (κ3) is 8.74. The first-order chi connectivity index (χ1) is 9.77. The predicted octanol–water partition coefficient (Wildman–Crippen LogP) is 0.848. The van der Waals surface area contributed by atoms with Gasteiger partial charge in [0, 0.05) is 0 Å². The minimum atomic E-state index is -1.06. The van der Waals surface area contributed by atoms with Gasteiger partial charge in [-0.05, 0) is 38.1 Å². The molecule has 1 rings (SSSR count). The van der Waals surface area contributed by atoms with Gasteiger partial charge in [0.2, 0.25) is 0 Å². The summed E-state index contributed by atoms with van der Waals surface area (Å²) >= 11 is 0. The summed E-state index contributed by atoms with van der Waals surface area (Å²) in [6.07, 6.45) is -0.612. The molecule has 0 saturated carbocycles. The average molecular weight is 300 g/mol. The van der Waals surface area contributed by atoms with E-state index in [0.29, 0.717) is 6.61 Å². The highest BCUT2D eigenvalue weighted by atomic mass is 16.5. The third-order valence-corrected chi connectivity index (χ3v) is 2.26. The zero-order valence-electron chi connectivity index (χ0n) is 11.9. The lowest BCUT2D eigenvalue weighted by atomic mass is 10.1. The van der Waals surface area contributed by atoms with E-state index in [1.165, 1.54) is 24.3 Å². The van der Waals surface area contributed by atoms with Crippen molar-refractivity contribution in [3.8, 4) is 0 Å². The Morgan fingerprint density at radius 2 is 1.43 bits per heavy atom. The quantitative estimate of drug-likeness (QED) is 0.613. The van der Waals surface area contributed by atoms with Crippen molar-refractivity contribution >= 4 is 11.9 Å². The van der Waals surface area contributed by atoms with Crippen LogP contribution in [0.2, 0.25) is 0 Å². The summed E-state index contributed by atoms with van der Waals surface area (Å²) in [7, 11) is 0. The molecule has 0 fully saturated rings. The summed E-state index contributed by atoms with van der Waals surface area (Å²) in [5.74, 6) is -2.13. The highest BCUT2D eigenvalue weighted by molar-refractivity contribution is 5.91. The third-order valence-electron chi connectivity index (χ3n) is 2.26. The number of carboxylic acid groups (broad SMARTS) is 2. The van der Waals surface area contributed by atoms with E-state index < -0.39 is 18.0 Å². The second kappa shape index (κ2) is 9.87. The first-order valence-electron chi connectivity index (χ1n) is 6.25. The first kappa shape index (κ1) is 19.0. The van der Waals surface area contributed by atoms with Gasteiger partial charge >= 0.3 is 11.9 Å². The molecule has 0 aliphatic heterocycles. The summed E-state index contributed by atoms with van der Waals surface area (Å²) in [6, 6.07) is 5.02. The van der Waals surface area contributed by atoms with Gasteiger partial charge in [-0.15, -0.1) is 0 Å². The van der Waals surface area contributed by atoms with Gasteiger partial charge in [-0.1, -0.05) is 0 Å². The van der Waals surface area contributed by atoms with E-state index in [-0.39, 0.29) is 23.8 Å². The van der Waals surface area contributed by atoms with Crippen LogP contribution >= 0.6 is 0 Å². The standard InChI is InChI=1S/C8H6O4.C6H14O3/c9-7(10)5-1-2-6(4-3-5)8(11)12;1-5(8)4-9-6(2)3-7/h1-4H,(H,9,10)(H,11,12);5-8H,3-4H2,1-2H3. The van der Waals surface area contributed by atoms with E-state index >= 15 is 0 Å². The number of aliphatic hydroxyl groups is 2. The summed E-state index contributed by atoms with van der Waals surface area (Å²) in [5.41, 5.74) is 0.167. The smallest absolute Gasteiger partial charge is 0.335 e. The Hall–Kier alpha value is -1.96. The van der Waals surface area contributed by atoms with Crippen molar-refractivity contribution in [2.75, 3.05) is 13.2 Å². The molecule has 2 unspecified atom stereocenters. The van der Waals surface area contributed by atoms with Crippen molar-refractivity contribution in [2.45, 2.75) is 26.1 Å². The van der Waals surface area contributed by atoms with Gasteiger partial charge in [-0.3, -0.25) is 0 Å². The Labute approximate surface area is 122 Å². The maximum atomic E-state index is 10.3. The van der Waals surface area contributed by atoms with Crippen molar-refractivity contribution < 1.29 is 34.8 Å². The summed E-state index contributed by atoms with van der Waals surface area (Å²) < 4.78 is 4.95. The van der Waals surface area contributed by atoms with Crippen LogP contribution in [0.25, 0.3) is 0 Å². The molecule has 0 aromatic heterocycles. The molecule has 0 radical (unpaired) electrons. The minimum Gasteiger partial charge on any atom is -0.478 e. The number of carbonyl (C=O) groups is 2. The van der Waals surface area contributed by atoms with E-state index in [1.807, 2.05) is 0 Å². The van der Waals surface area contributed by atoms with Gasteiger partial charge in [0.25, 0.3) is 0 Å². The normalized spacial score (nSPS) is 12.8. The molecule has 2 atom stereocenters. The Balaban J connectivity index is 0.000000400. The minimum absolute atomic E-state index is 0.00667. The van der Waals surface area contributed by atoms with E-state index in [0.717, 1.165) is 0 Å². The van der Waals surface area contributed by atoms with Crippen LogP contribution in [-0.4, -0.2) is 57.8 Å². The highest BCUT2D eigenvalue weighted by Gasteiger charge is 2.04. The van der Waals surface area contributed by atoms with Crippen LogP contribution in [0.15, 0.2) is 24.3 Å². The van der Waals surface area contributed by atoms with Crippen molar-refractivity contribution in [1.82, 2.24) is 0 Å². The lowest BCUT2D eigenvalue weighted by Crippen LogP contribution is -2.19. The van der Waals surface area contributed by atoms with Crippen LogP contribution in [0.5, 0.6) is 0 Å². The molecule has 1 aromatic carbocycles. The number of hydrogen-bond acceptors (Lipinski definition) is 5.